The lowest BCUT2D eigenvalue weighted by Crippen LogP contribution is -2.15. The van der Waals surface area contributed by atoms with Gasteiger partial charge >= 0.3 is 0 Å². The lowest BCUT2D eigenvalue weighted by atomic mass is 10.3. The summed E-state index contributed by atoms with van der Waals surface area (Å²) >= 11 is 7.18. The van der Waals surface area contributed by atoms with E-state index in [1.807, 2.05) is 0 Å². The van der Waals surface area contributed by atoms with Gasteiger partial charge < -0.3 is 9.88 Å². The highest BCUT2D eigenvalue weighted by molar-refractivity contribution is 7.99. The van der Waals surface area contributed by atoms with Crippen molar-refractivity contribution in [2.75, 3.05) is 11.1 Å². The van der Waals surface area contributed by atoms with Gasteiger partial charge in [0.2, 0.25) is 5.91 Å². The van der Waals surface area contributed by atoms with Crippen molar-refractivity contribution in [3.63, 3.8) is 0 Å². The number of hydrogen-bond donors (Lipinski definition) is 1. The van der Waals surface area contributed by atoms with Crippen molar-refractivity contribution in [3.8, 4) is 0 Å². The molecule has 1 heterocycles. The third-order valence-corrected chi connectivity index (χ3v) is 6.81. The van der Waals surface area contributed by atoms with E-state index in [1.165, 1.54) is 0 Å². The Morgan fingerprint density at radius 1 is 1.11 bits per heavy atom. The van der Waals surface area contributed by atoms with Gasteiger partial charge in [-0.05, 0) is 24.3 Å². The maximum absolute atomic E-state index is 12.5. The molecule has 0 aliphatic heterocycles. The molecule has 0 radical (unpaired) electrons. The molecule has 3 aromatic rings. The van der Waals surface area contributed by atoms with E-state index in [1.54, 1.807) is 66.2 Å². The molecule has 1 N–H and O–H groups in total. The quantitative estimate of drug-likeness (QED) is 0.571. The Bertz CT molecular complexity index is 1090. The Balaban J connectivity index is 1.63. The lowest BCUT2D eigenvalue weighted by molar-refractivity contribution is -0.113. The summed E-state index contributed by atoms with van der Waals surface area (Å²) in [6.07, 6.45) is 0. The van der Waals surface area contributed by atoms with Crippen LogP contribution in [-0.2, 0) is 27.4 Å². The molecule has 0 saturated carbocycles. The molecule has 0 atom stereocenters. The Kier molecular flexibility index (Phi) is 6.38. The first-order chi connectivity index (χ1) is 13.4. The normalized spacial score (nSPS) is 11.4. The molecule has 7 nitrogen and oxygen atoms in total. The van der Waals surface area contributed by atoms with E-state index in [0.717, 1.165) is 11.8 Å². The third-order valence-electron chi connectivity index (χ3n) is 3.83. The van der Waals surface area contributed by atoms with Crippen LogP contribution in [-0.4, -0.2) is 34.8 Å². The monoisotopic (exact) mass is 436 g/mol. The van der Waals surface area contributed by atoms with Crippen LogP contribution in [0.25, 0.3) is 0 Å². The molecule has 0 bridgehead atoms. The van der Waals surface area contributed by atoms with Crippen LogP contribution in [0.3, 0.4) is 0 Å². The topological polar surface area (TPSA) is 93.9 Å². The van der Waals surface area contributed by atoms with E-state index in [4.69, 9.17) is 11.6 Å². The maximum atomic E-state index is 12.5. The van der Waals surface area contributed by atoms with Gasteiger partial charge in [-0.3, -0.25) is 4.79 Å². The van der Waals surface area contributed by atoms with E-state index in [0.29, 0.717) is 21.7 Å². The van der Waals surface area contributed by atoms with Gasteiger partial charge in [-0.15, -0.1) is 10.2 Å². The number of para-hydroxylation sites is 1. The zero-order valence-electron chi connectivity index (χ0n) is 14.9. The van der Waals surface area contributed by atoms with Crippen molar-refractivity contribution in [1.82, 2.24) is 14.8 Å². The highest BCUT2D eigenvalue weighted by Gasteiger charge is 2.20. The number of benzene rings is 2. The number of carbonyl (C=O) groups is 1. The Morgan fingerprint density at radius 3 is 2.50 bits per heavy atom. The summed E-state index contributed by atoms with van der Waals surface area (Å²) in [5, 5.41) is 11.6. The van der Waals surface area contributed by atoms with Gasteiger partial charge in [-0.1, -0.05) is 53.7 Å². The molecule has 0 aliphatic rings. The molecule has 0 fully saturated rings. The first-order valence-corrected chi connectivity index (χ1v) is 11.2. The SMILES string of the molecule is Cn1c(CS(=O)(=O)c2ccccc2)nnc1SCC(=O)Nc1ccccc1Cl. The van der Waals surface area contributed by atoms with Crippen LogP contribution in [0.2, 0.25) is 5.02 Å². The van der Waals surface area contributed by atoms with Gasteiger partial charge in [0, 0.05) is 7.05 Å². The summed E-state index contributed by atoms with van der Waals surface area (Å²) in [5.41, 5.74) is 0.530. The molecule has 1 amide bonds. The lowest BCUT2D eigenvalue weighted by Gasteiger charge is -2.07. The van der Waals surface area contributed by atoms with Crippen LogP contribution in [0.5, 0.6) is 0 Å². The Morgan fingerprint density at radius 2 is 1.79 bits per heavy atom. The molecule has 0 unspecified atom stereocenters. The van der Waals surface area contributed by atoms with E-state index in [9.17, 15) is 13.2 Å². The second-order valence-corrected chi connectivity index (χ2v) is 9.19. The summed E-state index contributed by atoms with van der Waals surface area (Å²) in [7, 11) is -1.85. The Hall–Kier alpha value is -2.36. The third kappa shape index (κ3) is 4.92. The number of thioether (sulfide) groups is 1. The molecule has 0 saturated heterocycles. The maximum Gasteiger partial charge on any atom is 0.234 e. The molecule has 28 heavy (non-hydrogen) atoms. The van der Waals surface area contributed by atoms with Crippen molar-refractivity contribution in [1.29, 1.82) is 0 Å². The first kappa shape index (κ1) is 20.4. The van der Waals surface area contributed by atoms with Gasteiger partial charge in [0.1, 0.15) is 11.6 Å². The highest BCUT2D eigenvalue weighted by Crippen LogP contribution is 2.22. The summed E-state index contributed by atoms with van der Waals surface area (Å²) in [5.74, 6) is -0.132. The van der Waals surface area contributed by atoms with E-state index < -0.39 is 9.84 Å². The molecule has 146 valence electrons. The minimum atomic E-state index is -3.53. The van der Waals surface area contributed by atoms with Crippen LogP contribution < -0.4 is 5.32 Å². The molecule has 0 spiro atoms. The minimum absolute atomic E-state index is 0.0859. The number of amides is 1. The fourth-order valence-corrected chi connectivity index (χ4v) is 4.60. The van der Waals surface area contributed by atoms with Crippen LogP contribution in [0.4, 0.5) is 5.69 Å². The standard InChI is InChI=1S/C18H17ClN4O3S2/c1-23-16(12-28(25,26)13-7-3-2-4-8-13)21-22-18(23)27-11-17(24)20-15-10-6-5-9-14(15)19/h2-10H,11-12H2,1H3,(H,20,24). The van der Waals surface area contributed by atoms with Gasteiger partial charge in [0.15, 0.2) is 15.0 Å². The molecular weight excluding hydrogens is 420 g/mol. The number of rotatable bonds is 7. The van der Waals surface area contributed by atoms with E-state index in [-0.39, 0.29) is 22.3 Å². The van der Waals surface area contributed by atoms with Gasteiger partial charge in [0.25, 0.3) is 0 Å². The molecule has 1 aromatic heterocycles. The number of carbonyl (C=O) groups excluding carboxylic acids is 1. The molecular formula is C18H17ClN4O3S2. The number of halogens is 1. The smallest absolute Gasteiger partial charge is 0.234 e. The van der Waals surface area contributed by atoms with Crippen LogP contribution in [0.1, 0.15) is 5.82 Å². The first-order valence-electron chi connectivity index (χ1n) is 8.20. The van der Waals surface area contributed by atoms with Crippen LogP contribution in [0, 0.1) is 0 Å². The fourth-order valence-electron chi connectivity index (χ4n) is 2.36. The molecule has 10 heteroatoms. The highest BCUT2D eigenvalue weighted by atomic mass is 35.5. The number of anilines is 1. The predicted molar refractivity (Wildman–Crippen MR) is 109 cm³/mol. The molecule has 2 aromatic carbocycles. The number of sulfone groups is 1. The zero-order chi connectivity index (χ0) is 20.1. The molecule has 3 rings (SSSR count). The van der Waals surface area contributed by atoms with E-state index >= 15 is 0 Å². The molecule has 0 aliphatic carbocycles. The number of hydrogen-bond acceptors (Lipinski definition) is 6. The summed E-state index contributed by atoms with van der Waals surface area (Å²) in [6.45, 7) is 0. The van der Waals surface area contributed by atoms with E-state index in [2.05, 4.69) is 15.5 Å². The summed E-state index contributed by atoms with van der Waals surface area (Å²) < 4.78 is 26.6. The summed E-state index contributed by atoms with van der Waals surface area (Å²) in [4.78, 5) is 12.4. The minimum Gasteiger partial charge on any atom is -0.324 e. The number of aromatic nitrogens is 3. The van der Waals surface area contributed by atoms with Gasteiger partial charge in [-0.25, -0.2) is 8.42 Å². The number of nitrogens with zero attached hydrogens (tertiary/aromatic N) is 3. The fraction of sp³-hybridized carbons (Fsp3) is 0.167. The number of nitrogens with one attached hydrogen (secondary N) is 1. The van der Waals surface area contributed by atoms with Crippen molar-refractivity contribution in [3.05, 3.63) is 65.4 Å². The second kappa shape index (κ2) is 8.76. The van der Waals surface area contributed by atoms with Gasteiger partial charge in [-0.2, -0.15) is 0 Å². The van der Waals surface area contributed by atoms with Crippen LogP contribution >= 0.6 is 23.4 Å². The average molecular weight is 437 g/mol. The van der Waals surface area contributed by atoms with Crippen molar-refractivity contribution in [2.45, 2.75) is 15.8 Å². The average Bonchev–Trinajstić information content (AvgIpc) is 3.02. The van der Waals surface area contributed by atoms with Gasteiger partial charge in [0.05, 0.1) is 21.4 Å². The van der Waals surface area contributed by atoms with Crippen LogP contribution in [0.15, 0.2) is 64.6 Å². The zero-order valence-corrected chi connectivity index (χ0v) is 17.3. The van der Waals surface area contributed by atoms with Crippen molar-refractivity contribution < 1.29 is 13.2 Å². The Labute approximate surface area is 172 Å². The van der Waals surface area contributed by atoms with Crippen molar-refractivity contribution >= 4 is 44.8 Å². The predicted octanol–water partition coefficient (Wildman–Crippen LogP) is 3.17. The second-order valence-electron chi connectivity index (χ2n) is 5.85. The van der Waals surface area contributed by atoms with Crippen molar-refractivity contribution in [2.24, 2.45) is 7.05 Å². The largest absolute Gasteiger partial charge is 0.324 e. The summed E-state index contributed by atoms with van der Waals surface area (Å²) in [6, 6.07) is 15.1.